The zero-order valence-corrected chi connectivity index (χ0v) is 14.7. The molecule has 1 aromatic rings. The van der Waals surface area contributed by atoms with Gasteiger partial charge in [-0.25, -0.2) is 0 Å². The highest BCUT2D eigenvalue weighted by atomic mass is 35.5. The van der Waals surface area contributed by atoms with Gasteiger partial charge in [0.1, 0.15) is 5.75 Å². The Morgan fingerprint density at radius 2 is 1.95 bits per heavy atom. The number of benzene rings is 1. The average Bonchev–Trinajstić information content (AvgIpc) is 2.45. The van der Waals surface area contributed by atoms with E-state index in [-0.39, 0.29) is 6.10 Å². The number of ether oxygens (including phenoxy) is 1. The van der Waals surface area contributed by atoms with Crippen LogP contribution in [0.5, 0.6) is 5.75 Å². The zero-order chi connectivity index (χ0) is 16.3. The Morgan fingerprint density at radius 3 is 2.55 bits per heavy atom. The van der Waals surface area contributed by atoms with Gasteiger partial charge in [-0.1, -0.05) is 11.6 Å². The summed E-state index contributed by atoms with van der Waals surface area (Å²) in [5, 5.41) is 14.8. The van der Waals surface area contributed by atoms with Gasteiger partial charge in [0.05, 0.1) is 12.2 Å². The van der Waals surface area contributed by atoms with Crippen LogP contribution in [0.15, 0.2) is 6.07 Å². The normalized spacial score (nSPS) is 17.8. The van der Waals surface area contributed by atoms with E-state index in [0.29, 0.717) is 11.6 Å². The molecule has 1 fully saturated rings. The maximum absolute atomic E-state index is 10.8. The largest absolute Gasteiger partial charge is 0.491 e. The summed E-state index contributed by atoms with van der Waals surface area (Å²) < 4.78 is 5.92. The maximum atomic E-state index is 10.8. The van der Waals surface area contributed by atoms with Gasteiger partial charge in [0.2, 0.25) is 0 Å². The highest BCUT2D eigenvalue weighted by molar-refractivity contribution is 6.32. The molecule has 2 N–H and O–H groups in total. The Hall–Kier alpha value is -0.810. The van der Waals surface area contributed by atoms with Crippen molar-refractivity contribution in [3.63, 3.8) is 0 Å². The van der Waals surface area contributed by atoms with E-state index in [1.807, 2.05) is 33.8 Å². The minimum absolute atomic E-state index is 0.0603. The minimum Gasteiger partial charge on any atom is -0.491 e. The topological polar surface area (TPSA) is 44.7 Å². The van der Waals surface area contributed by atoms with Crippen LogP contribution < -0.4 is 10.1 Å². The summed E-state index contributed by atoms with van der Waals surface area (Å²) >= 11 is 6.39. The lowest BCUT2D eigenvalue weighted by Gasteiger charge is -2.30. The predicted molar refractivity (Wildman–Crippen MR) is 91.0 cm³/mol. The van der Waals surface area contributed by atoms with Crippen LogP contribution in [0.2, 0.25) is 5.02 Å². The molecule has 2 rings (SSSR count). The second-order valence-electron chi connectivity index (χ2n) is 6.28. The Labute approximate surface area is 138 Å². The lowest BCUT2D eigenvalue weighted by molar-refractivity contribution is 0.101. The third kappa shape index (κ3) is 4.13. The van der Waals surface area contributed by atoms with Gasteiger partial charge in [-0.3, -0.25) is 4.90 Å². The lowest BCUT2D eigenvalue weighted by Crippen LogP contribution is -2.45. The van der Waals surface area contributed by atoms with Crippen LogP contribution in [-0.2, 0) is 0 Å². The van der Waals surface area contributed by atoms with Crippen LogP contribution in [0.3, 0.4) is 0 Å². The van der Waals surface area contributed by atoms with Crippen LogP contribution in [0, 0.1) is 13.8 Å². The van der Waals surface area contributed by atoms with Gasteiger partial charge < -0.3 is 15.2 Å². The average molecular weight is 327 g/mol. The summed E-state index contributed by atoms with van der Waals surface area (Å²) in [6.07, 6.45) is -0.532. The number of rotatable bonds is 5. The van der Waals surface area contributed by atoms with Crippen molar-refractivity contribution >= 4 is 11.6 Å². The second kappa shape index (κ2) is 7.64. The Balaban J connectivity index is 2.27. The van der Waals surface area contributed by atoms with Crippen LogP contribution in [0.4, 0.5) is 0 Å². The molecule has 4 nitrogen and oxygen atoms in total. The predicted octanol–water partition coefficient (Wildman–Crippen LogP) is 2.68. The monoisotopic (exact) mass is 326 g/mol. The molecule has 0 aromatic heterocycles. The molecule has 1 heterocycles. The molecule has 0 amide bonds. The van der Waals surface area contributed by atoms with Crippen molar-refractivity contribution in [2.45, 2.75) is 39.9 Å². The second-order valence-corrected chi connectivity index (χ2v) is 6.66. The molecule has 1 aliphatic heterocycles. The Bertz CT molecular complexity index is 514. The summed E-state index contributed by atoms with van der Waals surface area (Å²) in [5.41, 5.74) is 2.72. The number of aryl methyl sites for hydroxylation is 1. The van der Waals surface area contributed by atoms with Crippen molar-refractivity contribution in [2.24, 2.45) is 0 Å². The molecule has 5 heteroatoms. The van der Waals surface area contributed by atoms with Crippen molar-refractivity contribution in [2.75, 3.05) is 32.7 Å². The molecule has 0 saturated carbocycles. The van der Waals surface area contributed by atoms with Gasteiger partial charge in [-0.15, -0.1) is 0 Å². The van der Waals surface area contributed by atoms with Gasteiger partial charge in [-0.2, -0.15) is 0 Å². The number of piperazine rings is 1. The van der Waals surface area contributed by atoms with E-state index in [4.69, 9.17) is 16.3 Å². The maximum Gasteiger partial charge on any atom is 0.126 e. The number of aliphatic hydroxyl groups excluding tert-OH is 1. The van der Waals surface area contributed by atoms with E-state index in [1.165, 1.54) is 0 Å². The first-order chi connectivity index (χ1) is 10.4. The molecule has 1 aliphatic rings. The standard InChI is InChI=1S/C17H27ClN2O2/c1-11(2)22-15-9-12(3)17(18)13(4)16(15)14(21)10-20-7-5-19-6-8-20/h9,11,14,19,21H,5-8,10H2,1-4H3. The number of hydrogen-bond acceptors (Lipinski definition) is 4. The Kier molecular flexibility index (Phi) is 6.09. The first kappa shape index (κ1) is 17.5. The molecule has 1 aromatic carbocycles. The van der Waals surface area contributed by atoms with Crippen molar-refractivity contribution in [3.8, 4) is 5.75 Å². The van der Waals surface area contributed by atoms with E-state index in [1.54, 1.807) is 0 Å². The molecule has 0 aliphatic carbocycles. The first-order valence-electron chi connectivity index (χ1n) is 7.97. The van der Waals surface area contributed by atoms with Crippen LogP contribution in [0.25, 0.3) is 0 Å². The third-order valence-corrected chi connectivity index (χ3v) is 4.61. The summed E-state index contributed by atoms with van der Waals surface area (Å²) in [6.45, 7) is 12.4. The van der Waals surface area contributed by atoms with Crippen molar-refractivity contribution < 1.29 is 9.84 Å². The molecule has 0 radical (unpaired) electrons. The summed E-state index contributed by atoms with van der Waals surface area (Å²) in [6, 6.07) is 1.94. The van der Waals surface area contributed by atoms with Gasteiger partial charge in [0.25, 0.3) is 0 Å². The van der Waals surface area contributed by atoms with E-state index in [0.717, 1.165) is 48.6 Å². The number of hydrogen-bond donors (Lipinski definition) is 2. The molecule has 124 valence electrons. The van der Waals surface area contributed by atoms with E-state index >= 15 is 0 Å². The summed E-state index contributed by atoms with van der Waals surface area (Å²) in [5.74, 6) is 0.747. The lowest BCUT2D eigenvalue weighted by atomic mass is 9.98. The molecular weight excluding hydrogens is 300 g/mol. The van der Waals surface area contributed by atoms with E-state index in [9.17, 15) is 5.11 Å². The van der Waals surface area contributed by atoms with Gasteiger partial charge in [0.15, 0.2) is 0 Å². The van der Waals surface area contributed by atoms with Crippen molar-refractivity contribution in [1.29, 1.82) is 0 Å². The van der Waals surface area contributed by atoms with Crippen molar-refractivity contribution in [3.05, 3.63) is 27.8 Å². The van der Waals surface area contributed by atoms with Crippen LogP contribution in [-0.4, -0.2) is 48.8 Å². The molecular formula is C17H27ClN2O2. The van der Waals surface area contributed by atoms with Crippen LogP contribution >= 0.6 is 11.6 Å². The summed E-state index contributed by atoms with van der Waals surface area (Å²) in [4.78, 5) is 2.27. The fourth-order valence-electron chi connectivity index (χ4n) is 2.93. The summed E-state index contributed by atoms with van der Waals surface area (Å²) in [7, 11) is 0. The third-order valence-electron chi connectivity index (χ3n) is 4.03. The van der Waals surface area contributed by atoms with E-state index < -0.39 is 6.10 Å². The highest BCUT2D eigenvalue weighted by Crippen LogP contribution is 2.36. The smallest absolute Gasteiger partial charge is 0.126 e. The highest BCUT2D eigenvalue weighted by Gasteiger charge is 2.23. The number of nitrogens with zero attached hydrogens (tertiary/aromatic N) is 1. The molecule has 1 saturated heterocycles. The fourth-order valence-corrected chi connectivity index (χ4v) is 3.09. The number of halogens is 1. The minimum atomic E-state index is -0.593. The molecule has 22 heavy (non-hydrogen) atoms. The van der Waals surface area contributed by atoms with Gasteiger partial charge >= 0.3 is 0 Å². The number of aliphatic hydroxyl groups is 1. The Morgan fingerprint density at radius 1 is 1.32 bits per heavy atom. The fraction of sp³-hybridized carbons (Fsp3) is 0.647. The quantitative estimate of drug-likeness (QED) is 0.873. The van der Waals surface area contributed by atoms with Crippen LogP contribution in [0.1, 0.15) is 36.6 Å². The molecule has 0 spiro atoms. The molecule has 0 bridgehead atoms. The first-order valence-corrected chi connectivity index (χ1v) is 8.35. The van der Waals surface area contributed by atoms with Gasteiger partial charge in [0, 0.05) is 43.3 Å². The number of β-amino-alcohol motifs (C(OH)–C–C–N with tert-alkyl or cyclic N) is 1. The molecule has 1 atom stereocenters. The molecule has 1 unspecified atom stereocenters. The zero-order valence-electron chi connectivity index (χ0n) is 13.9. The SMILES string of the molecule is Cc1cc(OC(C)C)c(C(O)CN2CCNCC2)c(C)c1Cl. The number of nitrogens with one attached hydrogen (secondary N) is 1. The van der Waals surface area contributed by atoms with E-state index in [2.05, 4.69) is 10.2 Å². The van der Waals surface area contributed by atoms with Gasteiger partial charge in [-0.05, 0) is 44.9 Å². The van der Waals surface area contributed by atoms with Crippen molar-refractivity contribution in [1.82, 2.24) is 10.2 Å².